The normalized spacial score (nSPS) is 17.7. The Labute approximate surface area is 148 Å². The molecular weight excluding hydrogens is 319 g/mol. The number of hydrogen-bond donors (Lipinski definition) is 1. The van der Waals surface area contributed by atoms with Gasteiger partial charge in [-0.3, -0.25) is 0 Å². The lowest BCUT2D eigenvalue weighted by atomic mass is 10.1. The predicted molar refractivity (Wildman–Crippen MR) is 95.2 cm³/mol. The van der Waals surface area contributed by atoms with E-state index in [9.17, 15) is 4.39 Å². The lowest BCUT2D eigenvalue weighted by Crippen LogP contribution is -3.15. The number of nitrogens with zero attached hydrogens (tertiary/aromatic N) is 5. The monoisotopic (exact) mass is 347 g/mol. The number of anilines is 1. The fourth-order valence-corrected chi connectivity index (χ4v) is 3.63. The molecule has 1 fully saturated rings. The topological polar surface area (TPSA) is 51.3 Å². The summed E-state index contributed by atoms with van der Waals surface area (Å²) in [7, 11) is 0. The van der Waals surface area contributed by atoms with Crippen LogP contribution in [0.1, 0.15) is 46.0 Å². The van der Waals surface area contributed by atoms with Crippen LogP contribution in [0.5, 0.6) is 0 Å². The third-order valence-electron chi connectivity index (χ3n) is 4.94. The van der Waals surface area contributed by atoms with Gasteiger partial charge in [-0.1, -0.05) is 19.1 Å². The second kappa shape index (κ2) is 7.07. The Hall–Kier alpha value is -2.02. The first-order valence-corrected chi connectivity index (χ1v) is 9.04. The van der Waals surface area contributed by atoms with Gasteiger partial charge in [0.1, 0.15) is 11.9 Å². The Kier molecular flexibility index (Phi) is 5.03. The van der Waals surface area contributed by atoms with E-state index < -0.39 is 0 Å². The summed E-state index contributed by atoms with van der Waals surface area (Å²) in [6.07, 6.45) is 0.978. The van der Waals surface area contributed by atoms with Gasteiger partial charge in [0.25, 0.3) is 0 Å². The van der Waals surface area contributed by atoms with E-state index >= 15 is 0 Å². The van der Waals surface area contributed by atoms with E-state index in [0.29, 0.717) is 5.69 Å². The van der Waals surface area contributed by atoms with Crippen molar-refractivity contribution >= 4 is 5.69 Å². The Morgan fingerprint density at radius 1 is 1.20 bits per heavy atom. The summed E-state index contributed by atoms with van der Waals surface area (Å²) < 4.78 is 16.0. The van der Waals surface area contributed by atoms with Gasteiger partial charge >= 0.3 is 0 Å². The number of piperazine rings is 1. The van der Waals surface area contributed by atoms with E-state index in [1.807, 2.05) is 16.8 Å². The van der Waals surface area contributed by atoms with Crippen molar-refractivity contribution in [3.63, 3.8) is 0 Å². The van der Waals surface area contributed by atoms with Crippen LogP contribution in [-0.4, -0.2) is 46.4 Å². The molecule has 0 unspecified atom stereocenters. The molecule has 7 heteroatoms. The average molecular weight is 347 g/mol. The van der Waals surface area contributed by atoms with Crippen LogP contribution >= 0.6 is 0 Å². The number of tetrazole rings is 1. The largest absolute Gasteiger partial charge is 0.358 e. The molecule has 25 heavy (non-hydrogen) atoms. The van der Waals surface area contributed by atoms with E-state index in [1.165, 1.54) is 11.0 Å². The Morgan fingerprint density at radius 2 is 1.88 bits per heavy atom. The van der Waals surface area contributed by atoms with Crippen LogP contribution in [0.2, 0.25) is 0 Å². The number of benzene rings is 1. The fourth-order valence-electron chi connectivity index (χ4n) is 3.63. The van der Waals surface area contributed by atoms with Gasteiger partial charge in [0.15, 0.2) is 0 Å². The molecule has 2 aromatic rings. The maximum atomic E-state index is 14.0. The molecule has 0 amide bonds. The summed E-state index contributed by atoms with van der Waals surface area (Å²) in [6, 6.07) is 7.28. The number of nitrogens with one attached hydrogen (secondary N) is 1. The van der Waals surface area contributed by atoms with E-state index in [-0.39, 0.29) is 17.4 Å². The second-order valence-corrected chi connectivity index (χ2v) is 7.68. The zero-order valence-electron chi connectivity index (χ0n) is 15.5. The molecule has 1 aliphatic rings. The van der Waals surface area contributed by atoms with Gasteiger partial charge in [0.05, 0.1) is 37.4 Å². The smallest absolute Gasteiger partial charge is 0.209 e. The maximum absolute atomic E-state index is 14.0. The Balaban J connectivity index is 1.73. The quantitative estimate of drug-likeness (QED) is 0.909. The molecule has 1 N–H and O–H groups in total. The minimum atomic E-state index is -0.144. The van der Waals surface area contributed by atoms with Crippen molar-refractivity contribution in [1.82, 2.24) is 20.2 Å². The summed E-state index contributed by atoms with van der Waals surface area (Å²) in [5, 5.41) is 12.5. The minimum absolute atomic E-state index is 0.138. The van der Waals surface area contributed by atoms with Crippen molar-refractivity contribution in [3.05, 3.63) is 35.9 Å². The number of halogens is 1. The van der Waals surface area contributed by atoms with E-state index in [0.717, 1.165) is 38.4 Å². The molecule has 6 nitrogen and oxygen atoms in total. The van der Waals surface area contributed by atoms with Gasteiger partial charge < -0.3 is 9.80 Å². The lowest BCUT2D eigenvalue weighted by Gasteiger charge is -2.37. The molecule has 1 atom stereocenters. The van der Waals surface area contributed by atoms with Crippen molar-refractivity contribution in [2.24, 2.45) is 0 Å². The SMILES string of the molecule is CC[C@H](c1nnnn1C(C)(C)C)[NH+]1CCN(c2ccccc2F)CC1. The summed E-state index contributed by atoms with van der Waals surface area (Å²) in [5.41, 5.74) is 0.565. The maximum Gasteiger partial charge on any atom is 0.209 e. The highest BCUT2D eigenvalue weighted by Crippen LogP contribution is 2.21. The second-order valence-electron chi connectivity index (χ2n) is 7.68. The van der Waals surface area contributed by atoms with Crippen molar-refractivity contribution in [1.29, 1.82) is 0 Å². The summed E-state index contributed by atoms with van der Waals surface area (Å²) in [4.78, 5) is 3.61. The highest BCUT2D eigenvalue weighted by Gasteiger charge is 2.34. The molecule has 0 bridgehead atoms. The fraction of sp³-hybridized carbons (Fsp3) is 0.611. The third-order valence-corrected chi connectivity index (χ3v) is 4.94. The highest BCUT2D eigenvalue weighted by atomic mass is 19.1. The van der Waals surface area contributed by atoms with E-state index in [1.54, 1.807) is 6.07 Å². The van der Waals surface area contributed by atoms with Gasteiger partial charge in [-0.2, -0.15) is 0 Å². The summed E-state index contributed by atoms with van der Waals surface area (Å²) >= 11 is 0. The number of rotatable bonds is 4. The molecule has 0 saturated carbocycles. The third kappa shape index (κ3) is 3.66. The van der Waals surface area contributed by atoms with Crippen LogP contribution in [0.15, 0.2) is 24.3 Å². The summed E-state index contributed by atoms with van der Waals surface area (Å²) in [5.74, 6) is 0.805. The molecule has 3 rings (SSSR count). The molecule has 136 valence electrons. The molecule has 1 aliphatic heterocycles. The van der Waals surface area contributed by atoms with Gasteiger partial charge in [-0.25, -0.2) is 9.07 Å². The van der Waals surface area contributed by atoms with Crippen molar-refractivity contribution in [2.75, 3.05) is 31.1 Å². The average Bonchev–Trinajstić information content (AvgIpc) is 3.07. The van der Waals surface area contributed by atoms with Crippen molar-refractivity contribution in [2.45, 2.75) is 45.7 Å². The first-order chi connectivity index (χ1) is 11.9. The molecule has 1 aromatic carbocycles. The predicted octanol–water partition coefficient (Wildman–Crippen LogP) is 1.42. The standard InChI is InChI=1S/C18H27FN6/c1-5-15(17-20-21-22-25(17)18(2,3)4)23-10-12-24(13-11-23)16-9-7-6-8-14(16)19/h6-9,15H,5,10-13H2,1-4H3/p+1/t15-/m1/s1. The van der Waals surface area contributed by atoms with Crippen LogP contribution in [0, 0.1) is 5.82 Å². The molecular formula is C18H28FN6+. The molecule has 1 saturated heterocycles. The number of aromatic nitrogens is 4. The highest BCUT2D eigenvalue weighted by molar-refractivity contribution is 5.47. The van der Waals surface area contributed by atoms with E-state index in [2.05, 4.69) is 48.1 Å². The van der Waals surface area contributed by atoms with Crippen LogP contribution < -0.4 is 9.80 Å². The summed E-state index contributed by atoms with van der Waals surface area (Å²) in [6.45, 7) is 12.1. The van der Waals surface area contributed by atoms with Crippen molar-refractivity contribution < 1.29 is 9.29 Å². The van der Waals surface area contributed by atoms with Crippen molar-refractivity contribution in [3.8, 4) is 0 Å². The zero-order valence-corrected chi connectivity index (χ0v) is 15.5. The first-order valence-electron chi connectivity index (χ1n) is 9.04. The number of hydrogen-bond acceptors (Lipinski definition) is 4. The first kappa shape index (κ1) is 17.8. The molecule has 1 aromatic heterocycles. The Morgan fingerprint density at radius 3 is 2.48 bits per heavy atom. The number of quaternary nitrogens is 1. The Bertz CT molecular complexity index is 700. The van der Waals surface area contributed by atoms with Crippen LogP contribution in [0.3, 0.4) is 0 Å². The molecule has 2 heterocycles. The van der Waals surface area contributed by atoms with Gasteiger partial charge in [-0.05, 0) is 43.3 Å². The number of para-hydroxylation sites is 1. The van der Waals surface area contributed by atoms with Gasteiger partial charge in [0.2, 0.25) is 5.82 Å². The molecule has 0 radical (unpaired) electrons. The lowest BCUT2D eigenvalue weighted by molar-refractivity contribution is -0.933. The van der Waals surface area contributed by atoms with E-state index in [4.69, 9.17) is 0 Å². The minimum Gasteiger partial charge on any atom is -0.358 e. The van der Waals surface area contributed by atoms with Crippen LogP contribution in [-0.2, 0) is 5.54 Å². The van der Waals surface area contributed by atoms with Gasteiger partial charge in [0, 0.05) is 6.42 Å². The molecule has 0 spiro atoms. The molecule has 0 aliphatic carbocycles. The zero-order chi connectivity index (χ0) is 18.0. The van der Waals surface area contributed by atoms with Crippen LogP contribution in [0.4, 0.5) is 10.1 Å². The van der Waals surface area contributed by atoms with Gasteiger partial charge in [-0.15, -0.1) is 5.10 Å². The van der Waals surface area contributed by atoms with Crippen LogP contribution in [0.25, 0.3) is 0 Å².